The number of thiophene rings is 1. The van der Waals surface area contributed by atoms with Gasteiger partial charge in [0.2, 0.25) is 0 Å². The second kappa shape index (κ2) is 5.49. The van der Waals surface area contributed by atoms with Gasteiger partial charge in [-0.1, -0.05) is 30.3 Å². The summed E-state index contributed by atoms with van der Waals surface area (Å²) >= 11 is 1.40. The molecule has 0 aliphatic heterocycles. The van der Waals surface area contributed by atoms with Crippen molar-refractivity contribution in [2.24, 2.45) is 0 Å². The van der Waals surface area contributed by atoms with Gasteiger partial charge in [0.15, 0.2) is 0 Å². The fraction of sp³-hybridized carbons (Fsp3) is 0.133. The molecule has 3 rings (SSSR count). The van der Waals surface area contributed by atoms with Crippen LogP contribution in [0, 0.1) is 0 Å². The molecule has 1 aromatic carbocycles. The van der Waals surface area contributed by atoms with Crippen molar-refractivity contribution >= 4 is 27.5 Å². The number of esters is 1. The summed E-state index contributed by atoms with van der Waals surface area (Å²) in [5.74, 6) is -0.471. The van der Waals surface area contributed by atoms with Gasteiger partial charge >= 0.3 is 11.7 Å². The van der Waals surface area contributed by atoms with Crippen molar-refractivity contribution in [3.05, 3.63) is 52.3 Å². The Kier molecular flexibility index (Phi) is 3.53. The van der Waals surface area contributed by atoms with Crippen LogP contribution in [-0.2, 0) is 16.1 Å². The number of carbonyl (C=O) groups is 1. The van der Waals surface area contributed by atoms with Gasteiger partial charge in [-0.3, -0.25) is 9.36 Å². The third-order valence-corrected chi connectivity index (χ3v) is 4.08. The maximum absolute atomic E-state index is 12.2. The van der Waals surface area contributed by atoms with Crippen molar-refractivity contribution in [3.63, 3.8) is 0 Å². The van der Waals surface area contributed by atoms with Gasteiger partial charge in [0.05, 0.1) is 12.8 Å². The minimum absolute atomic E-state index is 0.131. The number of carbonyl (C=O) groups excluding carboxylic acids is 1. The fourth-order valence-electron chi connectivity index (χ4n) is 2.14. The Bertz CT molecular complexity index is 852. The summed E-state index contributed by atoms with van der Waals surface area (Å²) in [7, 11) is 1.30. The second-order valence-electron chi connectivity index (χ2n) is 4.41. The van der Waals surface area contributed by atoms with E-state index in [0.29, 0.717) is 5.69 Å². The predicted molar refractivity (Wildman–Crippen MR) is 81.3 cm³/mol. The van der Waals surface area contributed by atoms with Crippen LogP contribution in [0.1, 0.15) is 0 Å². The van der Waals surface area contributed by atoms with Gasteiger partial charge in [0, 0.05) is 10.9 Å². The number of hydrogen-bond donors (Lipinski definition) is 0. The fourth-order valence-corrected chi connectivity index (χ4v) is 3.04. The molecule has 0 saturated carbocycles. The van der Waals surface area contributed by atoms with Crippen molar-refractivity contribution in [1.29, 1.82) is 0 Å². The Morgan fingerprint density at radius 3 is 2.76 bits per heavy atom. The second-order valence-corrected chi connectivity index (χ2v) is 5.31. The molecule has 0 saturated heterocycles. The van der Waals surface area contributed by atoms with E-state index in [1.54, 1.807) is 0 Å². The molecule has 0 spiro atoms. The lowest BCUT2D eigenvalue weighted by atomic mass is 10.1. The summed E-state index contributed by atoms with van der Waals surface area (Å²) in [5, 5.41) is 2.74. The summed E-state index contributed by atoms with van der Waals surface area (Å²) in [6, 6.07) is 11.4. The molecule has 0 radical (unpaired) electrons. The van der Waals surface area contributed by atoms with Gasteiger partial charge in [-0.2, -0.15) is 4.98 Å². The first-order valence-electron chi connectivity index (χ1n) is 6.31. The van der Waals surface area contributed by atoms with Gasteiger partial charge in [0.1, 0.15) is 11.4 Å². The molecule has 6 heteroatoms. The molecule has 3 aromatic rings. The highest BCUT2D eigenvalue weighted by atomic mass is 32.1. The van der Waals surface area contributed by atoms with Gasteiger partial charge in [-0.25, -0.2) is 4.79 Å². The highest BCUT2D eigenvalue weighted by Crippen LogP contribution is 2.28. The summed E-state index contributed by atoms with van der Waals surface area (Å²) in [6.45, 7) is -0.131. The average Bonchev–Trinajstić information content (AvgIpc) is 3.00. The Hall–Kier alpha value is -2.47. The SMILES string of the molecule is COC(=O)Cn1c(=O)nc(-c2ccccc2)c2ccsc21. The summed E-state index contributed by atoms with van der Waals surface area (Å²) < 4.78 is 5.97. The zero-order valence-electron chi connectivity index (χ0n) is 11.3. The third-order valence-electron chi connectivity index (χ3n) is 3.15. The van der Waals surface area contributed by atoms with Crippen LogP contribution in [0.2, 0.25) is 0 Å². The molecule has 0 bridgehead atoms. The number of aromatic nitrogens is 2. The van der Waals surface area contributed by atoms with Crippen LogP contribution in [0.4, 0.5) is 0 Å². The van der Waals surface area contributed by atoms with Crippen LogP contribution in [0.15, 0.2) is 46.6 Å². The highest BCUT2D eigenvalue weighted by Gasteiger charge is 2.15. The first-order valence-corrected chi connectivity index (χ1v) is 7.19. The lowest BCUT2D eigenvalue weighted by molar-refractivity contribution is -0.141. The first-order chi connectivity index (χ1) is 10.2. The molecule has 2 aromatic heterocycles. The number of benzene rings is 1. The molecule has 0 amide bonds. The molecule has 0 atom stereocenters. The first kappa shape index (κ1) is 13.5. The van der Waals surface area contributed by atoms with Gasteiger partial charge < -0.3 is 4.74 Å². The largest absolute Gasteiger partial charge is 0.468 e. The molecule has 0 unspecified atom stereocenters. The van der Waals surface area contributed by atoms with Crippen molar-refractivity contribution in [3.8, 4) is 11.3 Å². The summed E-state index contributed by atoms with van der Waals surface area (Å²) in [6.07, 6.45) is 0. The van der Waals surface area contributed by atoms with E-state index in [9.17, 15) is 9.59 Å². The Balaban J connectivity index is 2.23. The van der Waals surface area contributed by atoms with Crippen LogP contribution in [-0.4, -0.2) is 22.6 Å². The molecule has 0 aliphatic carbocycles. The van der Waals surface area contributed by atoms with Crippen molar-refractivity contribution in [2.45, 2.75) is 6.54 Å². The topological polar surface area (TPSA) is 61.2 Å². The van der Waals surface area contributed by atoms with E-state index in [2.05, 4.69) is 9.72 Å². The molecule has 21 heavy (non-hydrogen) atoms. The van der Waals surface area contributed by atoms with Crippen LogP contribution < -0.4 is 5.69 Å². The number of methoxy groups -OCH3 is 1. The lowest BCUT2D eigenvalue weighted by Gasteiger charge is -2.08. The summed E-state index contributed by atoms with van der Waals surface area (Å²) in [4.78, 5) is 28.5. The van der Waals surface area contributed by atoms with E-state index in [-0.39, 0.29) is 6.54 Å². The number of ether oxygens (including phenoxy) is 1. The number of fused-ring (bicyclic) bond motifs is 1. The normalized spacial score (nSPS) is 10.7. The molecule has 2 heterocycles. The number of nitrogens with zero attached hydrogens (tertiary/aromatic N) is 2. The lowest BCUT2D eigenvalue weighted by Crippen LogP contribution is -2.27. The van der Waals surface area contributed by atoms with E-state index < -0.39 is 11.7 Å². The van der Waals surface area contributed by atoms with Gasteiger partial charge in [-0.15, -0.1) is 11.3 Å². The Morgan fingerprint density at radius 2 is 2.05 bits per heavy atom. The molecule has 0 fully saturated rings. The van der Waals surface area contributed by atoms with Gasteiger partial charge in [-0.05, 0) is 11.4 Å². The molecule has 106 valence electrons. The molecule has 0 N–H and O–H groups in total. The van der Waals surface area contributed by atoms with Crippen LogP contribution in [0.25, 0.3) is 21.5 Å². The standard InChI is InChI=1S/C15H12N2O3S/c1-20-12(18)9-17-14-11(7-8-21-14)13(16-15(17)19)10-5-3-2-4-6-10/h2-8H,9H2,1H3. The smallest absolute Gasteiger partial charge is 0.349 e. The summed E-state index contributed by atoms with van der Waals surface area (Å²) in [5.41, 5.74) is 1.07. The molecular weight excluding hydrogens is 288 g/mol. The number of rotatable bonds is 3. The monoisotopic (exact) mass is 300 g/mol. The average molecular weight is 300 g/mol. The quantitative estimate of drug-likeness (QED) is 0.696. The third kappa shape index (κ3) is 2.45. The maximum atomic E-state index is 12.2. The zero-order valence-corrected chi connectivity index (χ0v) is 12.1. The van der Waals surface area contributed by atoms with E-state index in [1.807, 2.05) is 41.8 Å². The van der Waals surface area contributed by atoms with E-state index in [0.717, 1.165) is 15.8 Å². The van der Waals surface area contributed by atoms with Crippen molar-refractivity contribution in [1.82, 2.24) is 9.55 Å². The minimum Gasteiger partial charge on any atom is -0.468 e. The molecular formula is C15H12N2O3S. The van der Waals surface area contributed by atoms with Crippen LogP contribution in [0.3, 0.4) is 0 Å². The number of hydrogen-bond acceptors (Lipinski definition) is 5. The van der Waals surface area contributed by atoms with Crippen LogP contribution >= 0.6 is 11.3 Å². The highest BCUT2D eigenvalue weighted by molar-refractivity contribution is 7.16. The minimum atomic E-state index is -0.471. The Morgan fingerprint density at radius 1 is 1.29 bits per heavy atom. The zero-order chi connectivity index (χ0) is 14.8. The molecule has 0 aliphatic rings. The predicted octanol–water partition coefficient (Wildman–Crippen LogP) is 2.30. The van der Waals surface area contributed by atoms with Gasteiger partial charge in [0.25, 0.3) is 0 Å². The van der Waals surface area contributed by atoms with Crippen molar-refractivity contribution < 1.29 is 9.53 Å². The van der Waals surface area contributed by atoms with E-state index in [4.69, 9.17) is 0 Å². The van der Waals surface area contributed by atoms with E-state index in [1.165, 1.54) is 23.0 Å². The molecule has 5 nitrogen and oxygen atoms in total. The Labute approximate surface area is 124 Å². The van der Waals surface area contributed by atoms with E-state index >= 15 is 0 Å². The maximum Gasteiger partial charge on any atom is 0.349 e. The van der Waals surface area contributed by atoms with Crippen molar-refractivity contribution in [2.75, 3.05) is 7.11 Å². The van der Waals surface area contributed by atoms with Crippen LogP contribution in [0.5, 0.6) is 0 Å².